The molecule has 3 aromatic rings. The summed E-state index contributed by atoms with van der Waals surface area (Å²) in [6.07, 6.45) is 3.23. The lowest BCUT2D eigenvalue weighted by Gasteiger charge is -2.20. The molecule has 2 amide bonds. The molecule has 2 heterocycles. The molecule has 0 spiro atoms. The number of fused-ring (bicyclic) bond motifs is 1. The summed E-state index contributed by atoms with van der Waals surface area (Å²) in [6.45, 7) is 1.38. The number of urea groups is 1. The lowest BCUT2D eigenvalue weighted by molar-refractivity contribution is 0.200. The summed E-state index contributed by atoms with van der Waals surface area (Å²) in [6, 6.07) is 14.9. The van der Waals surface area contributed by atoms with Gasteiger partial charge < -0.3 is 19.7 Å². The highest BCUT2D eigenvalue weighted by atomic mass is 16.5. The number of ether oxygens (including phenoxy) is 2. The molecule has 0 saturated heterocycles. The third kappa shape index (κ3) is 3.88. The standard InChI is InChI=1S/C21H20N4O3/c1-27-18-4-2-3-17(12-18)24-21(26)25-9-10-28-20-6-5-15(11-16(20)13-25)19-7-8-22-14-23-19/h2-8,11-12,14H,9-10,13H2,1H3,(H,24,26). The van der Waals surface area contributed by atoms with Crippen LogP contribution in [0.15, 0.2) is 61.1 Å². The Balaban J connectivity index is 1.54. The Kier molecular flexibility index (Phi) is 5.05. The summed E-state index contributed by atoms with van der Waals surface area (Å²) >= 11 is 0. The van der Waals surface area contributed by atoms with Gasteiger partial charge in [-0.25, -0.2) is 14.8 Å². The van der Waals surface area contributed by atoms with Crippen molar-refractivity contribution in [2.45, 2.75) is 6.54 Å². The monoisotopic (exact) mass is 376 g/mol. The molecule has 0 bridgehead atoms. The van der Waals surface area contributed by atoms with Crippen LogP contribution < -0.4 is 14.8 Å². The van der Waals surface area contributed by atoms with E-state index in [4.69, 9.17) is 9.47 Å². The van der Waals surface area contributed by atoms with E-state index in [0.717, 1.165) is 22.6 Å². The van der Waals surface area contributed by atoms with Gasteiger partial charge in [-0.05, 0) is 36.4 Å². The van der Waals surface area contributed by atoms with E-state index in [0.29, 0.717) is 31.1 Å². The first kappa shape index (κ1) is 17.8. The molecule has 0 unspecified atom stereocenters. The first-order valence-electron chi connectivity index (χ1n) is 8.95. The van der Waals surface area contributed by atoms with Crippen LogP contribution in [0.2, 0.25) is 0 Å². The van der Waals surface area contributed by atoms with Crippen LogP contribution >= 0.6 is 0 Å². The summed E-state index contributed by atoms with van der Waals surface area (Å²) in [4.78, 5) is 22.8. The first-order valence-corrected chi connectivity index (χ1v) is 8.95. The molecule has 7 nitrogen and oxygen atoms in total. The third-order valence-electron chi connectivity index (χ3n) is 4.53. The minimum absolute atomic E-state index is 0.183. The van der Waals surface area contributed by atoms with Gasteiger partial charge in [-0.15, -0.1) is 0 Å². The number of rotatable bonds is 3. The number of methoxy groups -OCH3 is 1. The summed E-state index contributed by atoms with van der Waals surface area (Å²) in [7, 11) is 1.60. The van der Waals surface area contributed by atoms with E-state index in [-0.39, 0.29) is 6.03 Å². The molecule has 0 saturated carbocycles. The molecule has 1 aliphatic rings. The number of hydrogen-bond acceptors (Lipinski definition) is 5. The Morgan fingerprint density at radius 2 is 2.14 bits per heavy atom. The average Bonchev–Trinajstić information content (AvgIpc) is 2.96. The maximum Gasteiger partial charge on any atom is 0.322 e. The molecule has 0 radical (unpaired) electrons. The number of anilines is 1. The summed E-state index contributed by atoms with van der Waals surface area (Å²) in [5.41, 5.74) is 3.41. The van der Waals surface area contributed by atoms with E-state index in [1.54, 1.807) is 24.3 Å². The van der Waals surface area contributed by atoms with Crippen molar-refractivity contribution in [2.24, 2.45) is 0 Å². The number of nitrogens with one attached hydrogen (secondary N) is 1. The van der Waals surface area contributed by atoms with Gasteiger partial charge in [0.2, 0.25) is 0 Å². The van der Waals surface area contributed by atoms with E-state index in [1.807, 2.05) is 42.5 Å². The Hall–Kier alpha value is -3.61. The zero-order chi connectivity index (χ0) is 19.3. The molecule has 0 aliphatic carbocycles. The number of benzene rings is 2. The fraction of sp³-hybridized carbons (Fsp3) is 0.190. The number of amides is 2. The molecule has 4 rings (SSSR count). The van der Waals surface area contributed by atoms with Crippen molar-refractivity contribution in [3.63, 3.8) is 0 Å². The minimum Gasteiger partial charge on any atom is -0.497 e. The lowest BCUT2D eigenvalue weighted by Crippen LogP contribution is -2.36. The minimum atomic E-state index is -0.183. The van der Waals surface area contributed by atoms with Gasteiger partial charge in [-0.1, -0.05) is 6.07 Å². The van der Waals surface area contributed by atoms with Gasteiger partial charge in [0, 0.05) is 29.1 Å². The fourth-order valence-corrected chi connectivity index (χ4v) is 3.09. The summed E-state index contributed by atoms with van der Waals surface area (Å²) in [5.74, 6) is 1.48. The van der Waals surface area contributed by atoms with Gasteiger partial charge in [0.1, 0.15) is 24.4 Å². The normalized spacial score (nSPS) is 13.1. The molecular formula is C21H20N4O3. The molecule has 28 heavy (non-hydrogen) atoms. The van der Waals surface area contributed by atoms with E-state index in [9.17, 15) is 4.79 Å². The van der Waals surface area contributed by atoms with Gasteiger partial charge in [-0.3, -0.25) is 0 Å². The van der Waals surface area contributed by atoms with E-state index in [1.165, 1.54) is 6.33 Å². The molecule has 1 aliphatic heterocycles. The van der Waals surface area contributed by atoms with E-state index >= 15 is 0 Å². The Labute approximate surface area is 163 Å². The van der Waals surface area contributed by atoms with Crippen LogP contribution in [0.1, 0.15) is 5.56 Å². The molecule has 1 N–H and O–H groups in total. The molecule has 1 aromatic heterocycles. The third-order valence-corrected chi connectivity index (χ3v) is 4.53. The number of nitrogens with zero attached hydrogens (tertiary/aromatic N) is 3. The maximum absolute atomic E-state index is 12.8. The molecular weight excluding hydrogens is 356 g/mol. The number of carbonyl (C=O) groups is 1. The number of carbonyl (C=O) groups excluding carboxylic acids is 1. The quantitative estimate of drug-likeness (QED) is 0.756. The topological polar surface area (TPSA) is 76.6 Å². The number of aromatic nitrogens is 2. The van der Waals surface area contributed by atoms with Crippen LogP contribution in [0.3, 0.4) is 0 Å². The Bertz CT molecular complexity index is 978. The van der Waals surface area contributed by atoms with Gasteiger partial charge in [0.25, 0.3) is 0 Å². The van der Waals surface area contributed by atoms with E-state index < -0.39 is 0 Å². The van der Waals surface area contributed by atoms with Gasteiger partial charge in [-0.2, -0.15) is 0 Å². The van der Waals surface area contributed by atoms with Crippen molar-refractivity contribution in [3.8, 4) is 22.8 Å². The smallest absolute Gasteiger partial charge is 0.322 e. The van der Waals surface area contributed by atoms with Crippen molar-refractivity contribution in [2.75, 3.05) is 25.6 Å². The lowest BCUT2D eigenvalue weighted by atomic mass is 10.1. The van der Waals surface area contributed by atoms with Crippen molar-refractivity contribution >= 4 is 11.7 Å². The van der Waals surface area contributed by atoms with Crippen LogP contribution in [0.4, 0.5) is 10.5 Å². The SMILES string of the molecule is COc1cccc(NC(=O)N2CCOc3ccc(-c4ccncn4)cc3C2)c1. The van der Waals surface area contributed by atoms with Gasteiger partial charge in [0.15, 0.2) is 0 Å². The Morgan fingerprint density at radius 1 is 1.21 bits per heavy atom. The van der Waals surface area contributed by atoms with Crippen LogP contribution in [0.25, 0.3) is 11.3 Å². The van der Waals surface area contributed by atoms with Crippen LogP contribution in [0, 0.1) is 0 Å². The van der Waals surface area contributed by atoms with Crippen LogP contribution in [-0.2, 0) is 6.54 Å². The second-order valence-electron chi connectivity index (χ2n) is 6.35. The van der Waals surface area contributed by atoms with Crippen molar-refractivity contribution < 1.29 is 14.3 Å². The predicted molar refractivity (Wildman–Crippen MR) is 105 cm³/mol. The molecule has 142 valence electrons. The van der Waals surface area contributed by atoms with Crippen LogP contribution in [-0.4, -0.2) is 41.2 Å². The van der Waals surface area contributed by atoms with Crippen molar-refractivity contribution in [1.82, 2.24) is 14.9 Å². The molecule has 7 heteroatoms. The summed E-state index contributed by atoms with van der Waals surface area (Å²) in [5, 5.41) is 2.92. The highest BCUT2D eigenvalue weighted by Crippen LogP contribution is 2.28. The Morgan fingerprint density at radius 3 is 2.96 bits per heavy atom. The molecule has 0 atom stereocenters. The fourth-order valence-electron chi connectivity index (χ4n) is 3.09. The van der Waals surface area contributed by atoms with Gasteiger partial charge in [0.05, 0.1) is 25.9 Å². The molecule has 2 aromatic carbocycles. The van der Waals surface area contributed by atoms with E-state index in [2.05, 4.69) is 15.3 Å². The van der Waals surface area contributed by atoms with Crippen molar-refractivity contribution in [3.05, 3.63) is 66.6 Å². The highest BCUT2D eigenvalue weighted by molar-refractivity contribution is 5.89. The summed E-state index contributed by atoms with van der Waals surface area (Å²) < 4.78 is 11.0. The van der Waals surface area contributed by atoms with Gasteiger partial charge >= 0.3 is 6.03 Å². The molecule has 0 fully saturated rings. The first-order chi connectivity index (χ1) is 13.7. The number of hydrogen-bond donors (Lipinski definition) is 1. The van der Waals surface area contributed by atoms with Crippen molar-refractivity contribution in [1.29, 1.82) is 0 Å². The zero-order valence-corrected chi connectivity index (χ0v) is 15.5. The predicted octanol–water partition coefficient (Wildman–Crippen LogP) is 3.58. The zero-order valence-electron chi connectivity index (χ0n) is 15.5. The average molecular weight is 376 g/mol. The second kappa shape index (κ2) is 7.96. The maximum atomic E-state index is 12.8. The highest BCUT2D eigenvalue weighted by Gasteiger charge is 2.20. The van der Waals surface area contributed by atoms with Crippen LogP contribution in [0.5, 0.6) is 11.5 Å². The largest absolute Gasteiger partial charge is 0.497 e. The second-order valence-corrected chi connectivity index (χ2v) is 6.35.